The summed E-state index contributed by atoms with van der Waals surface area (Å²) in [7, 11) is 2.99. The fourth-order valence-corrected chi connectivity index (χ4v) is 2.55. The lowest BCUT2D eigenvalue weighted by Gasteiger charge is -2.20. The van der Waals surface area contributed by atoms with Crippen LogP contribution in [0.25, 0.3) is 0 Å². The molecular weight excluding hydrogens is 358 g/mol. The van der Waals surface area contributed by atoms with Crippen molar-refractivity contribution >= 4 is 29.4 Å². The molecule has 1 heterocycles. The molecule has 0 aromatic heterocycles. The van der Waals surface area contributed by atoms with Gasteiger partial charge in [0.2, 0.25) is 11.8 Å². The van der Waals surface area contributed by atoms with Gasteiger partial charge in [0.15, 0.2) is 6.61 Å². The summed E-state index contributed by atoms with van der Waals surface area (Å²) in [5.74, 6) is -1.77. The fourth-order valence-electron chi connectivity index (χ4n) is 2.55. The topological polar surface area (TPSA) is 123 Å². The van der Waals surface area contributed by atoms with Crippen LogP contribution in [0.5, 0.6) is 11.5 Å². The third kappa shape index (κ3) is 5.09. The van der Waals surface area contributed by atoms with Crippen molar-refractivity contribution in [3.63, 3.8) is 0 Å². The molecule has 10 heteroatoms. The maximum Gasteiger partial charge on any atom is 0.311 e. The van der Waals surface area contributed by atoms with Crippen molar-refractivity contribution in [3.05, 3.63) is 18.2 Å². The van der Waals surface area contributed by atoms with E-state index in [2.05, 4.69) is 10.9 Å². The van der Waals surface area contributed by atoms with Crippen LogP contribution in [0.3, 0.4) is 0 Å². The number of esters is 1. The van der Waals surface area contributed by atoms with E-state index in [1.165, 1.54) is 26.0 Å². The zero-order valence-corrected chi connectivity index (χ0v) is 15.2. The highest BCUT2D eigenvalue weighted by Gasteiger charge is 2.37. The minimum absolute atomic E-state index is 0.0403. The summed E-state index contributed by atoms with van der Waals surface area (Å²) in [6.45, 7) is 0.766. The molecule has 1 atom stereocenters. The molecule has 0 bridgehead atoms. The Hall–Kier alpha value is -3.30. The number of rotatable bonds is 6. The monoisotopic (exact) mass is 379 g/mol. The third-order valence-electron chi connectivity index (χ3n) is 3.86. The number of methoxy groups -OCH3 is 2. The number of anilines is 1. The molecule has 10 nitrogen and oxygen atoms in total. The van der Waals surface area contributed by atoms with Gasteiger partial charge < -0.3 is 19.1 Å². The lowest BCUT2D eigenvalue weighted by Crippen LogP contribution is -2.42. The molecule has 1 aromatic rings. The van der Waals surface area contributed by atoms with Crippen molar-refractivity contribution in [2.75, 3.05) is 32.3 Å². The highest BCUT2D eigenvalue weighted by molar-refractivity contribution is 6.00. The highest BCUT2D eigenvalue weighted by Crippen LogP contribution is 2.35. The molecule has 27 heavy (non-hydrogen) atoms. The zero-order valence-electron chi connectivity index (χ0n) is 15.2. The largest absolute Gasteiger partial charge is 0.497 e. The SMILES string of the molecule is COc1ccc(N2C[C@H](C(=O)OCC(=O)NNC(C)=O)CC2=O)c(OC)c1. The molecule has 1 aliphatic heterocycles. The smallest absolute Gasteiger partial charge is 0.311 e. The summed E-state index contributed by atoms with van der Waals surface area (Å²) in [6.07, 6.45) is -0.0403. The number of hydrogen-bond acceptors (Lipinski definition) is 7. The molecular formula is C17H21N3O7. The van der Waals surface area contributed by atoms with Gasteiger partial charge in [-0.2, -0.15) is 0 Å². The second-order valence-electron chi connectivity index (χ2n) is 5.78. The predicted molar refractivity (Wildman–Crippen MR) is 92.9 cm³/mol. The molecule has 0 unspecified atom stereocenters. The van der Waals surface area contributed by atoms with Gasteiger partial charge in [-0.25, -0.2) is 0 Å². The summed E-state index contributed by atoms with van der Waals surface area (Å²) < 4.78 is 15.3. The molecule has 2 N–H and O–H groups in total. The van der Waals surface area contributed by atoms with Crippen molar-refractivity contribution in [2.24, 2.45) is 5.92 Å². The Morgan fingerprint density at radius 2 is 1.93 bits per heavy atom. The summed E-state index contributed by atoms with van der Waals surface area (Å²) in [5.41, 5.74) is 4.67. The first-order valence-corrected chi connectivity index (χ1v) is 8.10. The molecule has 0 saturated carbocycles. The number of benzene rings is 1. The molecule has 2 rings (SSSR count). The van der Waals surface area contributed by atoms with Crippen molar-refractivity contribution in [1.82, 2.24) is 10.9 Å². The van der Waals surface area contributed by atoms with E-state index in [0.29, 0.717) is 17.2 Å². The average molecular weight is 379 g/mol. The van der Waals surface area contributed by atoms with E-state index >= 15 is 0 Å². The van der Waals surface area contributed by atoms with Gasteiger partial charge in [0.25, 0.3) is 5.91 Å². The Morgan fingerprint density at radius 1 is 1.19 bits per heavy atom. The number of hydrazine groups is 1. The zero-order chi connectivity index (χ0) is 20.0. The summed E-state index contributed by atoms with van der Waals surface area (Å²) in [4.78, 5) is 48.1. The molecule has 0 radical (unpaired) electrons. The van der Waals surface area contributed by atoms with Crippen LogP contribution < -0.4 is 25.2 Å². The predicted octanol–water partition coefficient (Wildman–Crippen LogP) is -0.233. The van der Waals surface area contributed by atoms with Gasteiger partial charge in [-0.15, -0.1) is 0 Å². The van der Waals surface area contributed by atoms with E-state index < -0.39 is 30.3 Å². The number of hydrogen-bond donors (Lipinski definition) is 2. The van der Waals surface area contributed by atoms with Gasteiger partial charge in [0.1, 0.15) is 11.5 Å². The van der Waals surface area contributed by atoms with Crippen LogP contribution in [-0.2, 0) is 23.9 Å². The van der Waals surface area contributed by atoms with Gasteiger partial charge >= 0.3 is 5.97 Å². The second kappa shape index (κ2) is 8.88. The molecule has 1 aromatic carbocycles. The Morgan fingerprint density at radius 3 is 2.56 bits per heavy atom. The van der Waals surface area contributed by atoms with Gasteiger partial charge in [-0.3, -0.25) is 30.0 Å². The first-order valence-electron chi connectivity index (χ1n) is 8.10. The Labute approximate surface area is 155 Å². The van der Waals surface area contributed by atoms with Crippen molar-refractivity contribution in [3.8, 4) is 11.5 Å². The van der Waals surface area contributed by atoms with Crippen molar-refractivity contribution in [1.29, 1.82) is 0 Å². The molecule has 146 valence electrons. The van der Waals surface area contributed by atoms with E-state index in [1.807, 2.05) is 0 Å². The minimum Gasteiger partial charge on any atom is -0.497 e. The van der Waals surface area contributed by atoms with Crippen molar-refractivity contribution < 1.29 is 33.4 Å². The third-order valence-corrected chi connectivity index (χ3v) is 3.86. The second-order valence-corrected chi connectivity index (χ2v) is 5.78. The molecule has 1 saturated heterocycles. The van der Waals surface area contributed by atoms with Crippen LogP contribution >= 0.6 is 0 Å². The standard InChI is InChI=1S/C17H21N3O7/c1-10(21)18-19-15(22)9-27-17(24)11-6-16(23)20(8-11)13-5-4-12(25-2)7-14(13)26-3/h4-5,7,11H,6,8-9H2,1-3H3,(H,18,21)(H,19,22)/t11-/m1/s1. The number of carbonyl (C=O) groups excluding carboxylic acids is 4. The maximum atomic E-state index is 12.3. The van der Waals surface area contributed by atoms with Crippen LogP contribution in [0.4, 0.5) is 5.69 Å². The Bertz CT molecular complexity index is 750. The minimum atomic E-state index is -0.710. The van der Waals surface area contributed by atoms with E-state index in [-0.39, 0.29) is 18.9 Å². The number of ether oxygens (including phenoxy) is 3. The van der Waals surface area contributed by atoms with Crippen LogP contribution in [0, 0.1) is 5.92 Å². The molecule has 3 amide bonds. The summed E-state index contributed by atoms with van der Waals surface area (Å²) >= 11 is 0. The summed E-state index contributed by atoms with van der Waals surface area (Å²) in [6, 6.07) is 4.99. The van der Waals surface area contributed by atoms with Crippen LogP contribution in [0.2, 0.25) is 0 Å². The van der Waals surface area contributed by atoms with E-state index in [4.69, 9.17) is 14.2 Å². The maximum absolute atomic E-state index is 12.3. The Kier molecular flexibility index (Phi) is 6.58. The van der Waals surface area contributed by atoms with Crippen LogP contribution in [0.15, 0.2) is 18.2 Å². The first kappa shape index (κ1) is 20.0. The Balaban J connectivity index is 1.97. The van der Waals surface area contributed by atoms with E-state index in [0.717, 1.165) is 0 Å². The first-order chi connectivity index (χ1) is 12.8. The molecule has 0 spiro atoms. The van der Waals surface area contributed by atoms with Crippen molar-refractivity contribution in [2.45, 2.75) is 13.3 Å². The average Bonchev–Trinajstić information content (AvgIpc) is 3.05. The highest BCUT2D eigenvalue weighted by atomic mass is 16.5. The molecule has 0 aliphatic carbocycles. The lowest BCUT2D eigenvalue weighted by molar-refractivity contribution is -0.152. The van der Waals surface area contributed by atoms with E-state index in [1.54, 1.807) is 18.2 Å². The quantitative estimate of drug-likeness (QED) is 0.517. The van der Waals surface area contributed by atoms with Gasteiger partial charge in [-0.1, -0.05) is 0 Å². The lowest BCUT2D eigenvalue weighted by atomic mass is 10.1. The normalized spacial score (nSPS) is 15.9. The van der Waals surface area contributed by atoms with Gasteiger partial charge in [0.05, 0.1) is 25.8 Å². The van der Waals surface area contributed by atoms with E-state index in [9.17, 15) is 19.2 Å². The number of nitrogens with one attached hydrogen (secondary N) is 2. The number of amides is 3. The molecule has 1 fully saturated rings. The van der Waals surface area contributed by atoms with Gasteiger partial charge in [-0.05, 0) is 12.1 Å². The number of nitrogens with zero attached hydrogens (tertiary/aromatic N) is 1. The van der Waals surface area contributed by atoms with Crippen LogP contribution in [-0.4, -0.2) is 51.1 Å². The fraction of sp³-hybridized carbons (Fsp3) is 0.412. The van der Waals surface area contributed by atoms with Gasteiger partial charge in [0, 0.05) is 26.0 Å². The molecule has 1 aliphatic rings. The summed E-state index contributed by atoms with van der Waals surface area (Å²) in [5, 5.41) is 0. The van der Waals surface area contributed by atoms with Crippen LogP contribution in [0.1, 0.15) is 13.3 Å². The number of carbonyl (C=O) groups is 4.